The molecule has 120 valence electrons. The van der Waals surface area contributed by atoms with E-state index in [-0.39, 0.29) is 12.1 Å². The Morgan fingerprint density at radius 3 is 2.70 bits per heavy atom. The second-order valence-corrected chi connectivity index (χ2v) is 6.08. The molecule has 1 saturated heterocycles. The number of nitrogens with one attached hydrogen (secondary N) is 1. The van der Waals surface area contributed by atoms with Crippen molar-refractivity contribution in [2.75, 3.05) is 11.9 Å². The summed E-state index contributed by atoms with van der Waals surface area (Å²) in [7, 11) is 0. The molecule has 1 fully saturated rings. The lowest BCUT2D eigenvalue weighted by atomic mass is 9.95. The van der Waals surface area contributed by atoms with Gasteiger partial charge in [-0.2, -0.15) is 10.2 Å². The van der Waals surface area contributed by atoms with Crippen molar-refractivity contribution >= 4 is 11.7 Å². The molecule has 1 N–H and O–H groups in total. The second kappa shape index (κ2) is 6.77. The molecule has 3 rings (SSSR count). The van der Waals surface area contributed by atoms with Crippen molar-refractivity contribution in [1.82, 2.24) is 15.1 Å². The SMILES string of the molecule is Cc1ccc(C2CCCCN2C(=O)Nc2ccnnc2C)cc1. The number of aromatic nitrogens is 2. The summed E-state index contributed by atoms with van der Waals surface area (Å²) in [6.07, 6.45) is 4.79. The lowest BCUT2D eigenvalue weighted by Crippen LogP contribution is -2.41. The minimum Gasteiger partial charge on any atom is -0.317 e. The predicted molar refractivity (Wildman–Crippen MR) is 90.3 cm³/mol. The highest BCUT2D eigenvalue weighted by atomic mass is 16.2. The van der Waals surface area contributed by atoms with Crippen molar-refractivity contribution < 1.29 is 4.79 Å². The molecule has 2 heterocycles. The van der Waals surface area contributed by atoms with Crippen LogP contribution in [0.1, 0.15) is 42.1 Å². The molecule has 2 aromatic rings. The quantitative estimate of drug-likeness (QED) is 0.916. The minimum absolute atomic E-state index is 0.0635. The van der Waals surface area contributed by atoms with Crippen LogP contribution in [-0.4, -0.2) is 27.7 Å². The van der Waals surface area contributed by atoms with Gasteiger partial charge in [-0.3, -0.25) is 0 Å². The van der Waals surface area contributed by atoms with Gasteiger partial charge >= 0.3 is 6.03 Å². The highest BCUT2D eigenvalue weighted by Crippen LogP contribution is 2.31. The molecule has 1 aliphatic rings. The lowest BCUT2D eigenvalue weighted by Gasteiger charge is -2.36. The van der Waals surface area contributed by atoms with E-state index in [9.17, 15) is 4.79 Å². The van der Waals surface area contributed by atoms with Gasteiger partial charge in [0.25, 0.3) is 0 Å². The zero-order valence-electron chi connectivity index (χ0n) is 13.6. The number of aryl methyl sites for hydroxylation is 2. The van der Waals surface area contributed by atoms with Crippen LogP contribution in [-0.2, 0) is 0 Å². The molecular weight excluding hydrogens is 288 g/mol. The summed E-state index contributed by atoms with van der Waals surface area (Å²) in [6.45, 7) is 4.70. The second-order valence-electron chi connectivity index (χ2n) is 6.08. The van der Waals surface area contributed by atoms with Crippen molar-refractivity contribution in [3.8, 4) is 0 Å². The Labute approximate surface area is 136 Å². The number of hydrogen-bond acceptors (Lipinski definition) is 3. The zero-order chi connectivity index (χ0) is 16.2. The van der Waals surface area contributed by atoms with Gasteiger partial charge in [0.05, 0.1) is 23.6 Å². The van der Waals surface area contributed by atoms with Crippen LogP contribution in [0.4, 0.5) is 10.5 Å². The van der Waals surface area contributed by atoms with Crippen molar-refractivity contribution in [3.05, 3.63) is 53.3 Å². The van der Waals surface area contributed by atoms with Gasteiger partial charge in [0.2, 0.25) is 0 Å². The van der Waals surface area contributed by atoms with Gasteiger partial charge in [0.15, 0.2) is 0 Å². The third-order valence-corrected chi connectivity index (χ3v) is 4.37. The predicted octanol–water partition coefficient (Wildman–Crippen LogP) is 3.85. The number of amides is 2. The Hall–Kier alpha value is -2.43. The largest absolute Gasteiger partial charge is 0.322 e. The zero-order valence-corrected chi connectivity index (χ0v) is 13.6. The van der Waals surface area contributed by atoms with E-state index in [1.165, 1.54) is 11.1 Å². The van der Waals surface area contributed by atoms with E-state index in [4.69, 9.17) is 0 Å². The summed E-state index contributed by atoms with van der Waals surface area (Å²) in [6, 6.07) is 10.3. The van der Waals surface area contributed by atoms with Crippen LogP contribution in [0.3, 0.4) is 0 Å². The highest BCUT2D eigenvalue weighted by molar-refractivity contribution is 5.90. The average Bonchev–Trinajstić information content (AvgIpc) is 2.58. The molecule has 0 radical (unpaired) electrons. The van der Waals surface area contributed by atoms with Gasteiger partial charge in [-0.05, 0) is 44.7 Å². The first kappa shape index (κ1) is 15.5. The summed E-state index contributed by atoms with van der Waals surface area (Å²) in [4.78, 5) is 14.7. The summed E-state index contributed by atoms with van der Waals surface area (Å²) >= 11 is 0. The van der Waals surface area contributed by atoms with Crippen LogP contribution in [0.5, 0.6) is 0 Å². The van der Waals surface area contributed by atoms with E-state index in [2.05, 4.69) is 46.7 Å². The van der Waals surface area contributed by atoms with Crippen molar-refractivity contribution in [1.29, 1.82) is 0 Å². The van der Waals surface area contributed by atoms with Gasteiger partial charge in [0, 0.05) is 6.54 Å². The first-order valence-corrected chi connectivity index (χ1v) is 8.07. The number of urea groups is 1. The monoisotopic (exact) mass is 310 g/mol. The van der Waals surface area contributed by atoms with Crippen LogP contribution in [0.2, 0.25) is 0 Å². The van der Waals surface area contributed by atoms with Crippen molar-refractivity contribution in [3.63, 3.8) is 0 Å². The summed E-state index contributed by atoms with van der Waals surface area (Å²) in [5, 5.41) is 10.8. The Balaban J connectivity index is 1.79. The molecule has 0 saturated carbocycles. The van der Waals surface area contributed by atoms with E-state index in [0.717, 1.165) is 37.2 Å². The highest BCUT2D eigenvalue weighted by Gasteiger charge is 2.28. The van der Waals surface area contributed by atoms with Crippen molar-refractivity contribution in [2.24, 2.45) is 0 Å². The van der Waals surface area contributed by atoms with Crippen molar-refractivity contribution in [2.45, 2.75) is 39.2 Å². The maximum Gasteiger partial charge on any atom is 0.322 e. The molecule has 1 atom stereocenters. The number of nitrogens with zero attached hydrogens (tertiary/aromatic N) is 3. The minimum atomic E-state index is -0.0635. The fourth-order valence-electron chi connectivity index (χ4n) is 3.03. The molecule has 1 aromatic heterocycles. The normalized spacial score (nSPS) is 17.8. The molecule has 0 bridgehead atoms. The number of hydrogen-bond donors (Lipinski definition) is 1. The lowest BCUT2D eigenvalue weighted by molar-refractivity contribution is 0.163. The number of piperidine rings is 1. The molecule has 1 aliphatic heterocycles. The fourth-order valence-corrected chi connectivity index (χ4v) is 3.03. The summed E-state index contributed by atoms with van der Waals surface area (Å²) in [5.41, 5.74) is 3.89. The maximum atomic E-state index is 12.7. The Kier molecular flexibility index (Phi) is 4.55. The third-order valence-electron chi connectivity index (χ3n) is 4.37. The molecule has 1 aromatic carbocycles. The molecule has 1 unspecified atom stereocenters. The number of likely N-dealkylation sites (tertiary alicyclic amines) is 1. The van der Waals surface area contributed by atoms with Gasteiger partial charge in [-0.1, -0.05) is 29.8 Å². The topological polar surface area (TPSA) is 58.1 Å². The van der Waals surface area contributed by atoms with Crippen LogP contribution < -0.4 is 5.32 Å². The van der Waals surface area contributed by atoms with Gasteiger partial charge in [-0.15, -0.1) is 0 Å². The molecule has 23 heavy (non-hydrogen) atoms. The van der Waals surface area contributed by atoms with E-state index in [1.54, 1.807) is 12.3 Å². The third kappa shape index (κ3) is 3.50. The number of carbonyl (C=O) groups excluding carboxylic acids is 1. The number of rotatable bonds is 2. The standard InChI is InChI=1S/C18H22N4O/c1-13-6-8-15(9-7-13)17-5-3-4-12-22(17)18(23)20-16-10-11-19-21-14(16)2/h6-11,17H,3-5,12H2,1-2H3,(H,19,20,23). The van der Waals surface area contributed by atoms with E-state index in [1.807, 2.05) is 11.8 Å². The van der Waals surface area contributed by atoms with Crippen LogP contribution >= 0.6 is 0 Å². The Morgan fingerprint density at radius 1 is 1.17 bits per heavy atom. The average molecular weight is 310 g/mol. The van der Waals surface area contributed by atoms with Gasteiger partial charge in [0.1, 0.15) is 0 Å². The van der Waals surface area contributed by atoms with E-state index in [0.29, 0.717) is 0 Å². The van der Waals surface area contributed by atoms with Crippen LogP contribution in [0.15, 0.2) is 36.5 Å². The summed E-state index contributed by atoms with van der Waals surface area (Å²) < 4.78 is 0. The van der Waals surface area contributed by atoms with Gasteiger partial charge < -0.3 is 10.2 Å². The number of carbonyl (C=O) groups is 1. The number of anilines is 1. The molecule has 5 heteroatoms. The molecule has 0 spiro atoms. The molecule has 5 nitrogen and oxygen atoms in total. The fraction of sp³-hybridized carbons (Fsp3) is 0.389. The van der Waals surface area contributed by atoms with Crippen LogP contribution in [0.25, 0.3) is 0 Å². The van der Waals surface area contributed by atoms with Gasteiger partial charge in [-0.25, -0.2) is 4.79 Å². The first-order valence-electron chi connectivity index (χ1n) is 8.07. The molecular formula is C18H22N4O. The molecule has 2 amide bonds. The molecule has 0 aliphatic carbocycles. The van der Waals surface area contributed by atoms with E-state index >= 15 is 0 Å². The Bertz CT molecular complexity index is 684. The smallest absolute Gasteiger partial charge is 0.317 e. The first-order chi connectivity index (χ1) is 11.1. The number of benzene rings is 1. The summed E-state index contributed by atoms with van der Waals surface area (Å²) in [5.74, 6) is 0. The van der Waals surface area contributed by atoms with E-state index < -0.39 is 0 Å². The maximum absolute atomic E-state index is 12.7. The van der Waals surface area contributed by atoms with Crippen LogP contribution in [0, 0.1) is 13.8 Å². The Morgan fingerprint density at radius 2 is 1.96 bits per heavy atom.